The first-order valence-electron chi connectivity index (χ1n) is 11.7. The van der Waals surface area contributed by atoms with Gasteiger partial charge in [-0.15, -0.1) is 0 Å². The minimum Gasteiger partial charge on any atom is -0.493 e. The van der Waals surface area contributed by atoms with Crippen molar-refractivity contribution in [2.45, 2.75) is 38.7 Å². The number of halogens is 2. The highest BCUT2D eigenvalue weighted by molar-refractivity contribution is 5.72. The summed E-state index contributed by atoms with van der Waals surface area (Å²) in [6.07, 6.45) is 7.46. The second-order valence-electron chi connectivity index (χ2n) is 9.06. The Labute approximate surface area is 198 Å². The smallest absolute Gasteiger partial charge is 0.310 e. The van der Waals surface area contributed by atoms with E-state index in [1.807, 2.05) is 12.4 Å². The number of piperidine rings is 1. The molecular weight excluding hydrogens is 444 g/mol. The molecule has 2 aliphatic rings. The van der Waals surface area contributed by atoms with E-state index < -0.39 is 24.0 Å². The lowest BCUT2D eigenvalue weighted by molar-refractivity contribution is -0.139. The van der Waals surface area contributed by atoms with Crippen LogP contribution in [-0.4, -0.2) is 49.9 Å². The van der Waals surface area contributed by atoms with Crippen molar-refractivity contribution < 1.29 is 27.8 Å². The monoisotopic (exact) mass is 475 g/mol. The topological polar surface area (TPSA) is 73.8 Å². The van der Waals surface area contributed by atoms with Crippen molar-refractivity contribution in [1.29, 1.82) is 0 Å². The van der Waals surface area contributed by atoms with Gasteiger partial charge in [0.1, 0.15) is 17.4 Å². The number of esters is 1. The fourth-order valence-corrected chi connectivity index (χ4v) is 4.84. The van der Waals surface area contributed by atoms with Gasteiger partial charge in [-0.2, -0.15) is 0 Å². The number of carbonyl (C=O) groups excluding carboxylic acids is 1. The summed E-state index contributed by atoms with van der Waals surface area (Å²) in [5.41, 5.74) is 0.663. The third-order valence-electron chi connectivity index (χ3n) is 6.83. The fourth-order valence-electron chi connectivity index (χ4n) is 4.84. The molecular formula is C25H31F2N3O4. The van der Waals surface area contributed by atoms with Gasteiger partial charge in [0.15, 0.2) is 0 Å². The Kier molecular flexibility index (Phi) is 7.92. The molecule has 0 amide bonds. The van der Waals surface area contributed by atoms with E-state index in [2.05, 4.69) is 19.6 Å². The van der Waals surface area contributed by atoms with Crippen LogP contribution in [0.15, 0.2) is 24.5 Å². The van der Waals surface area contributed by atoms with Gasteiger partial charge in [0.2, 0.25) is 5.95 Å². The van der Waals surface area contributed by atoms with E-state index in [1.165, 1.54) is 13.5 Å². The molecule has 1 saturated heterocycles. The molecule has 9 heteroatoms. The van der Waals surface area contributed by atoms with Gasteiger partial charge in [0, 0.05) is 55.9 Å². The van der Waals surface area contributed by atoms with E-state index in [1.54, 1.807) is 7.11 Å². The first-order valence-corrected chi connectivity index (χ1v) is 11.7. The summed E-state index contributed by atoms with van der Waals surface area (Å²) in [7, 11) is 2.84. The number of benzene rings is 1. The third-order valence-corrected chi connectivity index (χ3v) is 6.83. The molecule has 34 heavy (non-hydrogen) atoms. The number of ether oxygens (including phenoxy) is 3. The highest BCUT2D eigenvalue weighted by Crippen LogP contribution is 2.49. The Morgan fingerprint density at radius 2 is 1.79 bits per heavy atom. The van der Waals surface area contributed by atoms with Crippen LogP contribution in [0.1, 0.15) is 36.8 Å². The molecule has 1 unspecified atom stereocenters. The number of hydrogen-bond acceptors (Lipinski definition) is 7. The summed E-state index contributed by atoms with van der Waals surface area (Å²) in [4.78, 5) is 22.5. The van der Waals surface area contributed by atoms with Gasteiger partial charge in [-0.25, -0.2) is 18.7 Å². The number of anilines is 1. The summed E-state index contributed by atoms with van der Waals surface area (Å²) >= 11 is 0. The molecule has 1 aliphatic heterocycles. The van der Waals surface area contributed by atoms with Crippen molar-refractivity contribution >= 4 is 11.9 Å². The minimum atomic E-state index is -0.797. The number of methoxy groups -OCH3 is 2. The van der Waals surface area contributed by atoms with Crippen molar-refractivity contribution in [1.82, 2.24) is 9.97 Å². The Balaban J connectivity index is 1.19. The van der Waals surface area contributed by atoms with Crippen LogP contribution < -0.4 is 9.64 Å². The molecule has 7 nitrogen and oxygen atoms in total. The van der Waals surface area contributed by atoms with Crippen LogP contribution in [0.25, 0.3) is 0 Å². The fraction of sp³-hybridized carbons (Fsp3) is 0.560. The first kappa shape index (κ1) is 24.3. The molecule has 2 heterocycles. The average molecular weight is 476 g/mol. The zero-order chi connectivity index (χ0) is 24.1. The summed E-state index contributed by atoms with van der Waals surface area (Å²) < 4.78 is 43.5. The highest BCUT2D eigenvalue weighted by Gasteiger charge is 2.43. The van der Waals surface area contributed by atoms with Gasteiger partial charge in [0.05, 0.1) is 26.7 Å². The second-order valence-corrected chi connectivity index (χ2v) is 9.06. The number of carbonyl (C=O) groups is 1. The first-order chi connectivity index (χ1) is 16.5. The molecule has 1 aromatic carbocycles. The average Bonchev–Trinajstić information content (AvgIpc) is 3.61. The van der Waals surface area contributed by atoms with Gasteiger partial charge in [-0.05, 0) is 43.4 Å². The standard InChI is InChI=1S/C25H31F2N3O4/c1-32-15-16-13-28-25(29-14-16)30-6-3-17(4-7-30)20-9-18(20)5-8-34-19-10-22(26)21(23(27)11-19)12-24(31)33-2/h10-11,13-14,17-18,20H,3-9,12,15H2,1-2H3/t18-,20?/m1/s1. The molecule has 2 fully saturated rings. The summed E-state index contributed by atoms with van der Waals surface area (Å²) in [6.45, 7) is 2.83. The molecule has 4 rings (SSSR count). The summed E-state index contributed by atoms with van der Waals surface area (Å²) in [6, 6.07) is 2.26. The Bertz CT molecular complexity index is 958. The van der Waals surface area contributed by atoms with Gasteiger partial charge in [-0.3, -0.25) is 4.79 Å². The van der Waals surface area contributed by atoms with Crippen LogP contribution in [0.5, 0.6) is 5.75 Å². The van der Waals surface area contributed by atoms with Crippen LogP contribution in [0.3, 0.4) is 0 Å². The SMILES string of the molecule is COCc1cnc(N2CCC(C3C[C@H]3CCOc3cc(F)c(CC(=O)OC)c(F)c3)CC2)nc1. The van der Waals surface area contributed by atoms with Crippen molar-refractivity contribution in [3.63, 3.8) is 0 Å². The molecule has 0 spiro atoms. The number of nitrogens with zero attached hydrogens (tertiary/aromatic N) is 3. The number of aromatic nitrogens is 2. The zero-order valence-corrected chi connectivity index (χ0v) is 19.6. The Morgan fingerprint density at radius 3 is 2.41 bits per heavy atom. The van der Waals surface area contributed by atoms with Gasteiger partial charge in [-0.1, -0.05) is 0 Å². The van der Waals surface area contributed by atoms with Gasteiger partial charge < -0.3 is 19.1 Å². The molecule has 184 valence electrons. The number of rotatable bonds is 10. The van der Waals surface area contributed by atoms with Gasteiger partial charge >= 0.3 is 5.97 Å². The maximum atomic E-state index is 14.2. The molecule has 0 radical (unpaired) electrons. The predicted octanol–water partition coefficient (Wildman–Crippen LogP) is 3.94. The largest absolute Gasteiger partial charge is 0.493 e. The van der Waals surface area contributed by atoms with E-state index in [0.717, 1.165) is 56.0 Å². The molecule has 1 aromatic heterocycles. The molecule has 2 aromatic rings. The molecule has 2 atom stereocenters. The van der Waals surface area contributed by atoms with Crippen LogP contribution in [-0.2, 0) is 27.3 Å². The van der Waals surface area contributed by atoms with E-state index in [0.29, 0.717) is 31.0 Å². The van der Waals surface area contributed by atoms with E-state index in [-0.39, 0.29) is 11.3 Å². The van der Waals surface area contributed by atoms with E-state index >= 15 is 0 Å². The Hall–Kier alpha value is -2.81. The molecule has 0 bridgehead atoms. The predicted molar refractivity (Wildman–Crippen MR) is 121 cm³/mol. The second kappa shape index (κ2) is 11.1. The van der Waals surface area contributed by atoms with Crippen LogP contribution in [0, 0.1) is 29.4 Å². The lowest BCUT2D eigenvalue weighted by atomic mass is 9.90. The molecule has 0 N–H and O–H groups in total. The minimum absolute atomic E-state index is 0.144. The quantitative estimate of drug-likeness (QED) is 0.482. The van der Waals surface area contributed by atoms with Crippen molar-refractivity contribution in [3.05, 3.63) is 47.3 Å². The van der Waals surface area contributed by atoms with Crippen molar-refractivity contribution in [3.8, 4) is 5.75 Å². The zero-order valence-electron chi connectivity index (χ0n) is 19.6. The lowest BCUT2D eigenvalue weighted by Gasteiger charge is -2.32. The van der Waals surface area contributed by atoms with Gasteiger partial charge in [0.25, 0.3) is 0 Å². The summed E-state index contributed by atoms with van der Waals surface area (Å²) in [5.74, 6) is 0.594. The highest BCUT2D eigenvalue weighted by atomic mass is 19.1. The lowest BCUT2D eigenvalue weighted by Crippen LogP contribution is -2.35. The van der Waals surface area contributed by atoms with Crippen LogP contribution in [0.4, 0.5) is 14.7 Å². The Morgan fingerprint density at radius 1 is 1.12 bits per heavy atom. The third kappa shape index (κ3) is 6.00. The van der Waals surface area contributed by atoms with E-state index in [9.17, 15) is 13.6 Å². The van der Waals surface area contributed by atoms with Crippen molar-refractivity contribution in [2.24, 2.45) is 17.8 Å². The maximum Gasteiger partial charge on any atom is 0.310 e. The molecule has 1 aliphatic carbocycles. The van der Waals surface area contributed by atoms with E-state index in [4.69, 9.17) is 9.47 Å². The normalized spacial score (nSPS) is 20.3. The molecule has 1 saturated carbocycles. The van der Waals surface area contributed by atoms with Crippen LogP contribution in [0.2, 0.25) is 0 Å². The number of hydrogen-bond donors (Lipinski definition) is 0. The maximum absolute atomic E-state index is 14.2. The van der Waals surface area contributed by atoms with Crippen molar-refractivity contribution in [2.75, 3.05) is 38.8 Å². The van der Waals surface area contributed by atoms with Crippen LogP contribution >= 0.6 is 0 Å². The summed E-state index contributed by atoms with van der Waals surface area (Å²) in [5, 5.41) is 0.